The maximum Gasteiger partial charge on any atom is 0.252 e. The molecule has 1 atom stereocenters. The number of aryl methyl sites for hydroxylation is 1. The van der Waals surface area contributed by atoms with Gasteiger partial charge in [0.1, 0.15) is 17.2 Å². The summed E-state index contributed by atoms with van der Waals surface area (Å²) in [5.41, 5.74) is 2.11. The van der Waals surface area contributed by atoms with Crippen LogP contribution >= 0.6 is 0 Å². The molecule has 0 fully saturated rings. The maximum absolute atomic E-state index is 12.5. The van der Waals surface area contributed by atoms with E-state index in [1.807, 2.05) is 17.6 Å². The number of aromatic nitrogens is 6. The number of hydrogen-bond acceptors (Lipinski definition) is 5. The molecule has 4 rings (SSSR count). The van der Waals surface area contributed by atoms with Crippen molar-refractivity contribution in [2.75, 3.05) is 6.54 Å². The van der Waals surface area contributed by atoms with Crippen LogP contribution < -0.4 is 5.32 Å². The molecule has 0 spiro atoms. The Labute approximate surface area is 151 Å². The standard InChI is InChI=1S/C18H23N7O/c1-11(2)8-24-10-21-15-5-14(7-19-17(15)24)18(26)20-6-13-4-16-23-22-12(3)25(16)9-13/h5,7,10-11,13H,4,6,8-9H2,1-3H3,(H,20,26). The molecular formula is C18H23N7O. The molecule has 26 heavy (non-hydrogen) atoms. The maximum atomic E-state index is 12.5. The lowest BCUT2D eigenvalue weighted by Gasteiger charge is -2.11. The highest BCUT2D eigenvalue weighted by atomic mass is 16.1. The molecule has 3 aromatic heterocycles. The smallest absolute Gasteiger partial charge is 0.252 e. The third-order valence-corrected chi connectivity index (χ3v) is 4.76. The molecular weight excluding hydrogens is 330 g/mol. The summed E-state index contributed by atoms with van der Waals surface area (Å²) in [7, 11) is 0. The van der Waals surface area contributed by atoms with E-state index in [1.165, 1.54) is 0 Å². The minimum Gasteiger partial charge on any atom is -0.352 e. The average molecular weight is 353 g/mol. The first-order valence-corrected chi connectivity index (χ1v) is 8.99. The normalized spacial score (nSPS) is 16.4. The van der Waals surface area contributed by atoms with Crippen molar-refractivity contribution in [2.45, 2.75) is 40.3 Å². The van der Waals surface area contributed by atoms with E-state index in [0.29, 0.717) is 23.9 Å². The van der Waals surface area contributed by atoms with Crippen LogP contribution in [0.25, 0.3) is 11.2 Å². The first-order valence-electron chi connectivity index (χ1n) is 8.99. The fourth-order valence-corrected chi connectivity index (χ4v) is 3.47. The summed E-state index contributed by atoms with van der Waals surface area (Å²) in [6, 6.07) is 1.81. The van der Waals surface area contributed by atoms with Crippen LogP contribution in [-0.4, -0.2) is 41.8 Å². The molecule has 0 bridgehead atoms. The van der Waals surface area contributed by atoms with Gasteiger partial charge in [-0.05, 0) is 18.9 Å². The average Bonchev–Trinajstić information content (AvgIpc) is 3.29. The van der Waals surface area contributed by atoms with Crippen LogP contribution in [0, 0.1) is 18.8 Å². The molecule has 0 saturated carbocycles. The molecule has 1 aliphatic rings. The Morgan fingerprint density at radius 1 is 1.35 bits per heavy atom. The van der Waals surface area contributed by atoms with Crippen LogP contribution in [0.4, 0.5) is 0 Å². The highest BCUT2D eigenvalue weighted by molar-refractivity contribution is 5.96. The van der Waals surface area contributed by atoms with Gasteiger partial charge in [-0.2, -0.15) is 0 Å². The van der Waals surface area contributed by atoms with Crippen LogP contribution in [0.3, 0.4) is 0 Å². The molecule has 1 amide bonds. The van der Waals surface area contributed by atoms with Crippen molar-refractivity contribution in [2.24, 2.45) is 11.8 Å². The first-order chi connectivity index (χ1) is 12.5. The van der Waals surface area contributed by atoms with Crippen molar-refractivity contribution < 1.29 is 4.79 Å². The molecule has 4 heterocycles. The van der Waals surface area contributed by atoms with Gasteiger partial charge >= 0.3 is 0 Å². The van der Waals surface area contributed by atoms with Gasteiger partial charge in [0.2, 0.25) is 0 Å². The van der Waals surface area contributed by atoms with E-state index >= 15 is 0 Å². The molecule has 1 N–H and O–H groups in total. The fourth-order valence-electron chi connectivity index (χ4n) is 3.47. The second-order valence-electron chi connectivity index (χ2n) is 7.41. The van der Waals surface area contributed by atoms with E-state index in [1.54, 1.807) is 12.5 Å². The number of pyridine rings is 1. The van der Waals surface area contributed by atoms with Crippen LogP contribution in [0.1, 0.15) is 35.9 Å². The lowest BCUT2D eigenvalue weighted by molar-refractivity contribution is 0.0946. The van der Waals surface area contributed by atoms with Gasteiger partial charge in [0.15, 0.2) is 5.65 Å². The molecule has 8 nitrogen and oxygen atoms in total. The summed E-state index contributed by atoms with van der Waals surface area (Å²) in [6.07, 6.45) is 4.26. The monoisotopic (exact) mass is 353 g/mol. The van der Waals surface area contributed by atoms with Gasteiger partial charge in [0, 0.05) is 38.2 Å². The molecule has 1 unspecified atom stereocenters. The Morgan fingerprint density at radius 3 is 2.96 bits per heavy atom. The molecule has 136 valence electrons. The van der Waals surface area contributed by atoms with E-state index in [-0.39, 0.29) is 5.91 Å². The lowest BCUT2D eigenvalue weighted by Crippen LogP contribution is -2.30. The van der Waals surface area contributed by atoms with E-state index in [0.717, 1.165) is 42.3 Å². The summed E-state index contributed by atoms with van der Waals surface area (Å²) >= 11 is 0. The van der Waals surface area contributed by atoms with E-state index in [2.05, 4.69) is 43.9 Å². The number of rotatable bonds is 5. The van der Waals surface area contributed by atoms with Gasteiger partial charge in [-0.3, -0.25) is 4.79 Å². The van der Waals surface area contributed by atoms with Crippen molar-refractivity contribution in [1.29, 1.82) is 0 Å². The van der Waals surface area contributed by atoms with Gasteiger partial charge in [0.25, 0.3) is 5.91 Å². The Balaban J connectivity index is 1.40. The van der Waals surface area contributed by atoms with Crippen LogP contribution in [0.15, 0.2) is 18.6 Å². The van der Waals surface area contributed by atoms with Gasteiger partial charge in [0.05, 0.1) is 11.9 Å². The van der Waals surface area contributed by atoms with Crippen LogP contribution in [0.5, 0.6) is 0 Å². The predicted molar refractivity (Wildman–Crippen MR) is 96.7 cm³/mol. The fraction of sp³-hybridized carbons (Fsp3) is 0.500. The second-order valence-corrected chi connectivity index (χ2v) is 7.41. The van der Waals surface area contributed by atoms with Crippen molar-refractivity contribution >= 4 is 17.1 Å². The second kappa shape index (κ2) is 6.51. The Bertz CT molecular complexity index is 956. The SMILES string of the molecule is Cc1nnc2n1CC(CNC(=O)c1cnc3c(c1)ncn3CC(C)C)C2. The Morgan fingerprint density at radius 2 is 2.19 bits per heavy atom. The summed E-state index contributed by atoms with van der Waals surface area (Å²) in [5.74, 6) is 2.68. The number of imidazole rings is 1. The van der Waals surface area contributed by atoms with Gasteiger partial charge < -0.3 is 14.5 Å². The number of hydrogen-bond donors (Lipinski definition) is 1. The largest absolute Gasteiger partial charge is 0.352 e. The van der Waals surface area contributed by atoms with Gasteiger partial charge in [-0.25, -0.2) is 9.97 Å². The molecule has 0 radical (unpaired) electrons. The predicted octanol–water partition coefficient (Wildman–Crippen LogP) is 1.59. The number of amides is 1. The molecule has 8 heteroatoms. The number of nitrogens with zero attached hydrogens (tertiary/aromatic N) is 6. The number of carbonyl (C=O) groups excluding carboxylic acids is 1. The van der Waals surface area contributed by atoms with Gasteiger partial charge in [-0.1, -0.05) is 13.8 Å². The molecule has 0 aromatic carbocycles. The van der Waals surface area contributed by atoms with Crippen molar-refractivity contribution in [1.82, 2.24) is 34.6 Å². The lowest BCUT2D eigenvalue weighted by atomic mass is 10.1. The van der Waals surface area contributed by atoms with E-state index in [9.17, 15) is 4.79 Å². The molecule has 0 saturated heterocycles. The number of nitrogens with one attached hydrogen (secondary N) is 1. The van der Waals surface area contributed by atoms with Crippen molar-refractivity contribution in [3.63, 3.8) is 0 Å². The molecule has 0 aliphatic carbocycles. The third-order valence-electron chi connectivity index (χ3n) is 4.76. The molecule has 3 aromatic rings. The minimum atomic E-state index is -0.114. The van der Waals surface area contributed by atoms with Crippen molar-refractivity contribution in [3.05, 3.63) is 35.8 Å². The molecule has 1 aliphatic heterocycles. The van der Waals surface area contributed by atoms with Crippen molar-refractivity contribution in [3.8, 4) is 0 Å². The summed E-state index contributed by atoms with van der Waals surface area (Å²) in [5, 5.41) is 11.3. The minimum absolute atomic E-state index is 0.114. The Kier molecular flexibility index (Phi) is 4.18. The first kappa shape index (κ1) is 16.7. The topological polar surface area (TPSA) is 90.5 Å². The highest BCUT2D eigenvalue weighted by Crippen LogP contribution is 2.19. The number of carbonyl (C=O) groups is 1. The number of fused-ring (bicyclic) bond motifs is 2. The summed E-state index contributed by atoms with van der Waals surface area (Å²) in [4.78, 5) is 21.3. The summed E-state index contributed by atoms with van der Waals surface area (Å²) < 4.78 is 4.14. The quantitative estimate of drug-likeness (QED) is 0.752. The zero-order valence-corrected chi connectivity index (χ0v) is 15.3. The van der Waals surface area contributed by atoms with E-state index in [4.69, 9.17) is 0 Å². The Hall–Kier alpha value is -2.77. The zero-order chi connectivity index (χ0) is 18.3. The highest BCUT2D eigenvalue weighted by Gasteiger charge is 2.25. The van der Waals surface area contributed by atoms with E-state index < -0.39 is 0 Å². The zero-order valence-electron chi connectivity index (χ0n) is 15.3. The summed E-state index contributed by atoms with van der Waals surface area (Å²) in [6.45, 7) is 8.59. The van der Waals surface area contributed by atoms with Crippen LogP contribution in [-0.2, 0) is 19.5 Å². The van der Waals surface area contributed by atoms with Crippen LogP contribution in [0.2, 0.25) is 0 Å². The third kappa shape index (κ3) is 3.07. The van der Waals surface area contributed by atoms with Gasteiger partial charge in [-0.15, -0.1) is 10.2 Å².